The number of carboxylic acid groups (broad SMARTS) is 1. The van der Waals surface area contributed by atoms with Crippen molar-refractivity contribution in [2.45, 2.75) is 32.2 Å². The van der Waals surface area contributed by atoms with Crippen LogP contribution in [0.5, 0.6) is 0 Å². The predicted octanol–water partition coefficient (Wildman–Crippen LogP) is -0.569. The van der Waals surface area contributed by atoms with Crippen LogP contribution >= 0.6 is 0 Å². The van der Waals surface area contributed by atoms with Crippen LogP contribution in [-0.2, 0) is 14.3 Å². The Morgan fingerprint density at radius 3 is 2.30 bits per heavy atom. The number of rotatable bonds is 5. The second kappa shape index (κ2) is 6.08. The van der Waals surface area contributed by atoms with Crippen LogP contribution in [0, 0.1) is 5.41 Å². The highest BCUT2D eigenvalue weighted by atomic mass is 16.5. The maximum atomic E-state index is 11.8. The third-order valence-electron chi connectivity index (χ3n) is 3.47. The van der Waals surface area contributed by atoms with Gasteiger partial charge in [-0.05, 0) is 13.8 Å². The summed E-state index contributed by atoms with van der Waals surface area (Å²) in [6.45, 7) is 3.77. The van der Waals surface area contributed by atoms with Gasteiger partial charge in [0.1, 0.15) is 5.54 Å². The molecule has 0 atom stereocenters. The minimum absolute atomic E-state index is 0.0281. The molecule has 0 aromatic rings. The van der Waals surface area contributed by atoms with E-state index in [1.165, 1.54) is 0 Å². The van der Waals surface area contributed by atoms with Crippen molar-refractivity contribution in [3.05, 3.63) is 0 Å². The lowest BCUT2D eigenvalue weighted by molar-refractivity contribution is -0.148. The van der Waals surface area contributed by atoms with E-state index in [0.717, 1.165) is 0 Å². The minimum Gasteiger partial charge on any atom is -0.480 e. The maximum absolute atomic E-state index is 11.8. The highest BCUT2D eigenvalue weighted by molar-refractivity contribution is 5.87. The number of carboxylic acids is 1. The van der Waals surface area contributed by atoms with Gasteiger partial charge >= 0.3 is 12.0 Å². The molecular formula is C12H21N3O5. The Bertz CT molecular complexity index is 402. The van der Waals surface area contributed by atoms with Crippen molar-refractivity contribution in [2.24, 2.45) is 11.1 Å². The van der Waals surface area contributed by atoms with Gasteiger partial charge in [-0.25, -0.2) is 9.59 Å². The average Bonchev–Trinajstić information content (AvgIpc) is 2.37. The first-order chi connectivity index (χ1) is 9.19. The van der Waals surface area contributed by atoms with Crippen LogP contribution in [0.25, 0.3) is 0 Å². The first-order valence-corrected chi connectivity index (χ1v) is 6.37. The summed E-state index contributed by atoms with van der Waals surface area (Å²) in [5, 5.41) is 14.2. The van der Waals surface area contributed by atoms with Crippen LogP contribution in [0.2, 0.25) is 0 Å². The summed E-state index contributed by atoms with van der Waals surface area (Å²) >= 11 is 0. The molecule has 1 heterocycles. The van der Waals surface area contributed by atoms with Crippen LogP contribution in [0.3, 0.4) is 0 Å². The van der Waals surface area contributed by atoms with Gasteiger partial charge in [0.2, 0.25) is 5.91 Å². The largest absolute Gasteiger partial charge is 0.480 e. The quantitative estimate of drug-likeness (QED) is 0.538. The van der Waals surface area contributed by atoms with Gasteiger partial charge in [-0.15, -0.1) is 0 Å². The van der Waals surface area contributed by atoms with Crippen LogP contribution in [0.15, 0.2) is 0 Å². The smallest absolute Gasteiger partial charge is 0.329 e. The van der Waals surface area contributed by atoms with Gasteiger partial charge in [0.25, 0.3) is 0 Å². The van der Waals surface area contributed by atoms with Gasteiger partial charge in [0, 0.05) is 32.6 Å². The first kappa shape index (κ1) is 16.2. The van der Waals surface area contributed by atoms with E-state index in [1.807, 2.05) is 0 Å². The van der Waals surface area contributed by atoms with Gasteiger partial charge < -0.3 is 26.2 Å². The van der Waals surface area contributed by atoms with Crippen molar-refractivity contribution in [3.63, 3.8) is 0 Å². The van der Waals surface area contributed by atoms with Crippen LogP contribution in [-0.4, -0.2) is 48.3 Å². The van der Waals surface area contributed by atoms with Gasteiger partial charge in [-0.2, -0.15) is 0 Å². The van der Waals surface area contributed by atoms with E-state index >= 15 is 0 Å². The first-order valence-electron chi connectivity index (χ1n) is 6.37. The summed E-state index contributed by atoms with van der Waals surface area (Å²) in [5.41, 5.74) is 2.97. The number of hydrogen-bond donors (Lipinski definition) is 4. The molecule has 0 spiro atoms. The molecule has 1 fully saturated rings. The van der Waals surface area contributed by atoms with Gasteiger partial charge in [0.05, 0.1) is 5.41 Å². The molecule has 0 bridgehead atoms. The zero-order chi connectivity index (χ0) is 15.4. The molecule has 0 radical (unpaired) electrons. The summed E-state index contributed by atoms with van der Waals surface area (Å²) < 4.78 is 5.11. The van der Waals surface area contributed by atoms with E-state index < -0.39 is 28.9 Å². The fourth-order valence-electron chi connectivity index (χ4n) is 1.76. The number of hydrogen-bond acceptors (Lipinski definition) is 4. The molecule has 114 valence electrons. The number of primary amides is 1. The molecule has 8 heteroatoms. The Hall–Kier alpha value is -1.83. The minimum atomic E-state index is -1.32. The van der Waals surface area contributed by atoms with Crippen molar-refractivity contribution >= 4 is 17.9 Å². The van der Waals surface area contributed by atoms with Gasteiger partial charge in [-0.1, -0.05) is 0 Å². The number of urea groups is 1. The molecule has 8 nitrogen and oxygen atoms in total. The number of nitrogens with one attached hydrogen (secondary N) is 2. The molecule has 0 aromatic heterocycles. The zero-order valence-electron chi connectivity index (χ0n) is 11.7. The van der Waals surface area contributed by atoms with Gasteiger partial charge in [-0.3, -0.25) is 4.79 Å². The van der Waals surface area contributed by atoms with Crippen molar-refractivity contribution in [1.82, 2.24) is 10.6 Å². The number of ether oxygens (including phenoxy) is 1. The highest BCUT2D eigenvalue weighted by Gasteiger charge is 2.41. The Kier molecular flexibility index (Phi) is 4.93. The maximum Gasteiger partial charge on any atom is 0.329 e. The third kappa shape index (κ3) is 3.83. The molecule has 20 heavy (non-hydrogen) atoms. The molecule has 5 N–H and O–H groups in total. The standard InChI is InChI=1S/C12H21N3O5/c1-11(2,8(13)16)7-14-10(19)15-12(9(17)18)3-5-20-6-4-12/h3-7H2,1-2H3,(H2,13,16)(H,17,18)(H2,14,15,19). The Balaban J connectivity index is 2.60. The van der Waals surface area contributed by atoms with Crippen LogP contribution in [0.1, 0.15) is 26.7 Å². The summed E-state index contributed by atoms with van der Waals surface area (Å²) in [7, 11) is 0. The highest BCUT2D eigenvalue weighted by Crippen LogP contribution is 2.21. The molecule has 1 aliphatic rings. The molecule has 1 rings (SSSR count). The third-order valence-corrected chi connectivity index (χ3v) is 3.47. The van der Waals surface area contributed by atoms with Gasteiger partial charge in [0.15, 0.2) is 0 Å². The van der Waals surface area contributed by atoms with Crippen LogP contribution < -0.4 is 16.4 Å². The monoisotopic (exact) mass is 287 g/mol. The summed E-state index contributed by atoms with van der Waals surface area (Å²) in [4.78, 5) is 34.3. The van der Waals surface area contributed by atoms with Crippen molar-refractivity contribution in [1.29, 1.82) is 0 Å². The summed E-state index contributed by atoms with van der Waals surface area (Å²) in [6.07, 6.45) is 0.407. The average molecular weight is 287 g/mol. The van der Waals surface area contributed by atoms with E-state index in [4.69, 9.17) is 10.5 Å². The lowest BCUT2D eigenvalue weighted by Crippen LogP contribution is -2.60. The number of aliphatic carboxylic acids is 1. The Labute approximate surface area is 117 Å². The number of carbonyl (C=O) groups excluding carboxylic acids is 2. The second-order valence-corrected chi connectivity index (χ2v) is 5.56. The fraction of sp³-hybridized carbons (Fsp3) is 0.750. The zero-order valence-corrected chi connectivity index (χ0v) is 11.7. The number of carbonyl (C=O) groups is 3. The number of nitrogens with two attached hydrogens (primary N) is 1. The summed E-state index contributed by atoms with van der Waals surface area (Å²) in [5.74, 6) is -1.64. The number of amides is 3. The van der Waals surface area contributed by atoms with Crippen LogP contribution in [0.4, 0.5) is 4.79 Å². The van der Waals surface area contributed by atoms with E-state index in [1.54, 1.807) is 13.8 Å². The predicted molar refractivity (Wildman–Crippen MR) is 69.9 cm³/mol. The Morgan fingerprint density at radius 2 is 1.85 bits per heavy atom. The molecule has 1 saturated heterocycles. The normalized spacial score (nSPS) is 18.1. The molecule has 0 aromatic carbocycles. The molecule has 3 amide bonds. The van der Waals surface area contributed by atoms with Crippen molar-refractivity contribution in [3.8, 4) is 0 Å². The fourth-order valence-corrected chi connectivity index (χ4v) is 1.76. The van der Waals surface area contributed by atoms with Crippen molar-refractivity contribution < 1.29 is 24.2 Å². The molecule has 0 unspecified atom stereocenters. The lowest BCUT2D eigenvalue weighted by atomic mass is 9.90. The Morgan fingerprint density at radius 1 is 1.30 bits per heavy atom. The second-order valence-electron chi connectivity index (χ2n) is 5.56. The van der Waals surface area contributed by atoms with E-state index in [0.29, 0.717) is 0 Å². The molecule has 1 aliphatic heterocycles. The van der Waals surface area contributed by atoms with E-state index in [2.05, 4.69) is 10.6 Å². The van der Waals surface area contributed by atoms with E-state index in [9.17, 15) is 19.5 Å². The van der Waals surface area contributed by atoms with E-state index in [-0.39, 0.29) is 32.6 Å². The lowest BCUT2D eigenvalue weighted by Gasteiger charge is -2.34. The van der Waals surface area contributed by atoms with Crippen molar-refractivity contribution in [2.75, 3.05) is 19.8 Å². The molecular weight excluding hydrogens is 266 g/mol. The molecule has 0 aliphatic carbocycles. The summed E-state index contributed by atoms with van der Waals surface area (Å²) in [6, 6.07) is -0.636. The SMILES string of the molecule is CC(C)(CNC(=O)NC1(C(=O)O)CCOCC1)C(N)=O. The topological polar surface area (TPSA) is 131 Å². The molecule has 0 saturated carbocycles.